The smallest absolute Gasteiger partial charge is 0.138 e. The third kappa shape index (κ3) is 3.63. The third-order valence-electron chi connectivity index (χ3n) is 11.3. The van der Waals surface area contributed by atoms with Crippen LogP contribution in [-0.4, -0.2) is 28.2 Å². The third-order valence-corrected chi connectivity index (χ3v) is 11.3. The van der Waals surface area contributed by atoms with Gasteiger partial charge in [0.25, 0.3) is 0 Å². The highest BCUT2D eigenvalue weighted by Crippen LogP contribution is 2.71. The summed E-state index contributed by atoms with van der Waals surface area (Å²) in [6.45, 7) is 15.7. The van der Waals surface area contributed by atoms with Gasteiger partial charge in [-0.15, -0.1) is 0 Å². The Bertz CT molecular complexity index is 864. The number of rotatable bonds is 6. The fourth-order valence-corrected chi connectivity index (χ4v) is 8.68. The van der Waals surface area contributed by atoms with Gasteiger partial charge < -0.3 is 10.2 Å². The van der Waals surface area contributed by atoms with Gasteiger partial charge in [0, 0.05) is 11.8 Å². The molecule has 0 aromatic rings. The molecule has 1 radical (unpaired) electrons. The van der Waals surface area contributed by atoms with Crippen LogP contribution in [0.2, 0.25) is 0 Å². The number of aliphatic hydroxyl groups is 2. The van der Waals surface area contributed by atoms with E-state index in [1.54, 1.807) is 18.1 Å². The minimum atomic E-state index is -1.08. The molecule has 7 atom stereocenters. The quantitative estimate of drug-likeness (QED) is 0.484. The second-order valence-corrected chi connectivity index (χ2v) is 13.5. The maximum Gasteiger partial charge on any atom is 0.138 e. The summed E-state index contributed by atoms with van der Waals surface area (Å²) >= 11 is 0. The summed E-state index contributed by atoms with van der Waals surface area (Å²) in [7, 11) is 0. The molecule has 3 nitrogen and oxygen atoms in total. The number of fused-ring (bicyclic) bond motifs is 5. The van der Waals surface area contributed by atoms with Crippen molar-refractivity contribution in [1.82, 2.24) is 0 Å². The van der Waals surface area contributed by atoms with Crippen LogP contribution in [0.4, 0.5) is 0 Å². The molecule has 2 saturated carbocycles. The molecule has 4 aliphatic carbocycles. The van der Waals surface area contributed by atoms with Gasteiger partial charge in [-0.05, 0) is 97.0 Å². The Kier molecular flexibility index (Phi) is 6.14. The van der Waals surface area contributed by atoms with Crippen molar-refractivity contribution in [3.63, 3.8) is 0 Å². The first-order valence-electron chi connectivity index (χ1n) is 13.4. The zero-order valence-electron chi connectivity index (χ0n) is 22.1. The van der Waals surface area contributed by atoms with Crippen LogP contribution < -0.4 is 0 Å². The molecule has 0 aliphatic heterocycles. The van der Waals surface area contributed by atoms with Crippen LogP contribution in [-0.2, 0) is 4.79 Å². The van der Waals surface area contributed by atoms with E-state index < -0.39 is 5.60 Å². The Hall–Kier alpha value is -0.930. The first kappa shape index (κ1) is 25.2. The van der Waals surface area contributed by atoms with Crippen molar-refractivity contribution in [3.05, 3.63) is 29.7 Å². The minimum Gasteiger partial charge on any atom is -0.393 e. The van der Waals surface area contributed by atoms with E-state index in [4.69, 9.17) is 0 Å². The number of hydrogen-bond donors (Lipinski definition) is 2. The van der Waals surface area contributed by atoms with E-state index in [2.05, 4.69) is 53.7 Å². The monoisotopic (exact) mass is 455 g/mol. The molecule has 33 heavy (non-hydrogen) atoms. The maximum absolute atomic E-state index is 12.8. The van der Waals surface area contributed by atoms with Gasteiger partial charge in [-0.25, -0.2) is 0 Å². The van der Waals surface area contributed by atoms with Gasteiger partial charge in [-0.1, -0.05) is 60.1 Å². The fourth-order valence-electron chi connectivity index (χ4n) is 8.68. The second kappa shape index (κ2) is 8.05. The van der Waals surface area contributed by atoms with Crippen molar-refractivity contribution < 1.29 is 15.0 Å². The first-order valence-corrected chi connectivity index (χ1v) is 13.4. The predicted molar refractivity (Wildman–Crippen MR) is 134 cm³/mol. The Labute approximate surface area is 202 Å². The summed E-state index contributed by atoms with van der Waals surface area (Å²) in [5, 5.41) is 19.5. The maximum atomic E-state index is 12.8. The lowest BCUT2D eigenvalue weighted by Gasteiger charge is -2.59. The summed E-state index contributed by atoms with van der Waals surface area (Å²) in [4.78, 5) is 12.8. The number of allylic oxidation sites excluding steroid dienone is 4. The van der Waals surface area contributed by atoms with E-state index in [0.717, 1.165) is 32.1 Å². The molecule has 2 N–H and O–H groups in total. The zero-order valence-corrected chi connectivity index (χ0v) is 22.1. The number of Topliss-reactive ketones (excluding diaryl/α,β-unsaturated/α-hetero) is 1. The summed E-state index contributed by atoms with van der Waals surface area (Å²) < 4.78 is 0. The number of ketones is 1. The predicted octanol–water partition coefficient (Wildman–Crippen LogP) is 6.44. The molecule has 185 valence electrons. The molecule has 3 heteroatoms. The molecule has 0 aromatic carbocycles. The van der Waals surface area contributed by atoms with Crippen molar-refractivity contribution in [2.75, 3.05) is 6.61 Å². The van der Waals surface area contributed by atoms with E-state index in [0.29, 0.717) is 30.0 Å². The highest BCUT2D eigenvalue weighted by Gasteiger charge is 2.63. The number of aliphatic hydroxyl groups excluding tert-OH is 1. The largest absolute Gasteiger partial charge is 0.393 e. The zero-order chi connectivity index (χ0) is 24.4. The first-order chi connectivity index (χ1) is 15.2. The van der Waals surface area contributed by atoms with Crippen LogP contribution in [0.1, 0.15) is 99.8 Å². The van der Waals surface area contributed by atoms with Gasteiger partial charge in [0.15, 0.2) is 0 Å². The van der Waals surface area contributed by atoms with Gasteiger partial charge in [0.1, 0.15) is 5.78 Å². The second-order valence-electron chi connectivity index (χ2n) is 13.5. The fraction of sp³-hybridized carbons (Fsp3) is 0.800. The van der Waals surface area contributed by atoms with Crippen LogP contribution in [0.3, 0.4) is 0 Å². The van der Waals surface area contributed by atoms with Gasteiger partial charge >= 0.3 is 0 Å². The lowest BCUT2D eigenvalue weighted by molar-refractivity contribution is -0.138. The lowest BCUT2D eigenvalue weighted by Crippen LogP contribution is -2.53. The highest BCUT2D eigenvalue weighted by atomic mass is 16.3. The number of carbonyl (C=O) groups is 1. The number of hydrogen-bond acceptors (Lipinski definition) is 3. The summed E-state index contributed by atoms with van der Waals surface area (Å²) in [5.41, 5.74) is 2.39. The standard InChI is InChI=1S/C30H47O3/c1-20(9-8-15-27(4,33)19-31)21-12-17-30(7)23-10-11-24-26(2,3)25(32)14-16-28(24,5)22(23)13-18-29(21,30)6/h10,13,15,20-21,24,31,33H,8-9,11-12,14,16-19H2,1-7H3/t20-,21-,24+,27-,28-,29-,30+/m1/s1. The molecule has 0 aromatic heterocycles. The van der Waals surface area contributed by atoms with E-state index in [1.165, 1.54) is 12.8 Å². The molecular formula is C30H47O3. The van der Waals surface area contributed by atoms with Crippen molar-refractivity contribution >= 4 is 5.78 Å². The van der Waals surface area contributed by atoms with Crippen LogP contribution in [0.15, 0.2) is 23.3 Å². The summed E-state index contributed by atoms with van der Waals surface area (Å²) in [6, 6.07) is 0. The van der Waals surface area contributed by atoms with Crippen LogP contribution in [0.5, 0.6) is 0 Å². The van der Waals surface area contributed by atoms with Gasteiger partial charge in [-0.3, -0.25) is 4.79 Å². The molecule has 0 bridgehead atoms. The highest BCUT2D eigenvalue weighted by molar-refractivity contribution is 5.86. The summed E-state index contributed by atoms with van der Waals surface area (Å²) in [6.07, 6.45) is 15.3. The minimum absolute atomic E-state index is 0.111. The molecule has 4 rings (SSSR count). The molecule has 0 unspecified atom stereocenters. The molecule has 0 heterocycles. The van der Waals surface area contributed by atoms with E-state index in [-0.39, 0.29) is 28.3 Å². The summed E-state index contributed by atoms with van der Waals surface area (Å²) in [5.74, 6) is 2.08. The topological polar surface area (TPSA) is 57.5 Å². The van der Waals surface area contributed by atoms with Gasteiger partial charge in [0.05, 0.1) is 12.2 Å². The van der Waals surface area contributed by atoms with E-state index in [9.17, 15) is 15.0 Å². The van der Waals surface area contributed by atoms with Crippen molar-refractivity contribution in [1.29, 1.82) is 0 Å². The Morgan fingerprint density at radius 2 is 1.85 bits per heavy atom. The lowest BCUT2D eigenvalue weighted by atomic mass is 9.44. The molecule has 4 aliphatic rings. The Morgan fingerprint density at radius 1 is 1.15 bits per heavy atom. The van der Waals surface area contributed by atoms with Crippen LogP contribution >= 0.6 is 0 Å². The van der Waals surface area contributed by atoms with Crippen LogP contribution in [0, 0.1) is 45.8 Å². The van der Waals surface area contributed by atoms with Gasteiger partial charge in [0.2, 0.25) is 0 Å². The molecule has 0 spiro atoms. The van der Waals surface area contributed by atoms with Crippen molar-refractivity contribution in [2.45, 2.75) is 105 Å². The average Bonchev–Trinajstić information content (AvgIpc) is 3.02. The molecule has 0 amide bonds. The Morgan fingerprint density at radius 3 is 2.52 bits per heavy atom. The van der Waals surface area contributed by atoms with Crippen molar-refractivity contribution in [2.24, 2.45) is 39.4 Å². The SMILES string of the molecule is C[C@H](CC[CH][C@@](C)(O)CO)[C@H]1CC[C@@]2(C)C3=CC[C@H]4C(C)(C)C(=O)CC[C@]4(C)C3=CC[C@]12C. The number of carbonyl (C=O) groups excluding carboxylic acids is 1. The van der Waals surface area contributed by atoms with Crippen LogP contribution in [0.25, 0.3) is 0 Å². The van der Waals surface area contributed by atoms with Crippen molar-refractivity contribution in [3.8, 4) is 0 Å². The Balaban J connectivity index is 1.59. The molecular weight excluding hydrogens is 408 g/mol. The molecule has 0 saturated heterocycles. The van der Waals surface area contributed by atoms with E-state index >= 15 is 0 Å². The average molecular weight is 456 g/mol. The van der Waals surface area contributed by atoms with Gasteiger partial charge in [-0.2, -0.15) is 0 Å². The van der Waals surface area contributed by atoms with E-state index in [1.807, 2.05) is 6.42 Å². The normalized spacial score (nSPS) is 42.4. The molecule has 2 fully saturated rings.